The summed E-state index contributed by atoms with van der Waals surface area (Å²) in [5.74, 6) is -1.53. The van der Waals surface area contributed by atoms with Crippen molar-refractivity contribution >= 4 is 11.9 Å². The molecule has 1 unspecified atom stereocenters. The summed E-state index contributed by atoms with van der Waals surface area (Å²) in [7, 11) is 0. The lowest BCUT2D eigenvalue weighted by atomic mass is 10.0. The van der Waals surface area contributed by atoms with Gasteiger partial charge in [-0.25, -0.2) is 0 Å². The van der Waals surface area contributed by atoms with Gasteiger partial charge in [-0.1, -0.05) is 26.7 Å². The van der Waals surface area contributed by atoms with Crippen molar-refractivity contribution in [1.29, 1.82) is 0 Å². The highest BCUT2D eigenvalue weighted by Gasteiger charge is 2.18. The van der Waals surface area contributed by atoms with Crippen LogP contribution in [0.5, 0.6) is 0 Å². The predicted octanol–water partition coefficient (Wildman–Crippen LogP) is 2.21. The Morgan fingerprint density at radius 1 is 1.00 bits per heavy atom. The van der Waals surface area contributed by atoms with Gasteiger partial charge in [0, 0.05) is 12.5 Å². The largest absolute Gasteiger partial charge is 0.481 e. The first-order chi connectivity index (χ1) is 8.51. The van der Waals surface area contributed by atoms with Gasteiger partial charge in [-0.05, 0) is 25.9 Å². The molecular weight excluding hydrogens is 234 g/mol. The number of hydrogen-bond donors (Lipinski definition) is 2. The molecule has 5 nitrogen and oxygen atoms in total. The molecule has 0 saturated carbocycles. The van der Waals surface area contributed by atoms with Crippen LogP contribution in [-0.2, 0) is 9.59 Å². The predicted molar refractivity (Wildman–Crippen MR) is 69.7 cm³/mol. The number of carboxylic acid groups (broad SMARTS) is 2. The number of nitrogens with zero attached hydrogens (tertiary/aromatic N) is 1. The van der Waals surface area contributed by atoms with E-state index in [0.717, 1.165) is 32.4 Å². The van der Waals surface area contributed by atoms with Crippen LogP contribution in [0.1, 0.15) is 52.4 Å². The summed E-state index contributed by atoms with van der Waals surface area (Å²) in [6, 6.07) is 0.0716. The summed E-state index contributed by atoms with van der Waals surface area (Å²) in [6.07, 6.45) is 3.61. The van der Waals surface area contributed by atoms with Crippen molar-refractivity contribution in [3.8, 4) is 0 Å². The van der Waals surface area contributed by atoms with E-state index in [4.69, 9.17) is 10.2 Å². The average molecular weight is 259 g/mol. The third-order valence-electron chi connectivity index (χ3n) is 3.17. The van der Waals surface area contributed by atoms with Crippen molar-refractivity contribution in [2.24, 2.45) is 0 Å². The third kappa shape index (κ3) is 8.06. The maximum Gasteiger partial charge on any atom is 0.304 e. The number of carbonyl (C=O) groups is 2. The minimum absolute atomic E-state index is 0.0716. The quantitative estimate of drug-likeness (QED) is 0.556. The second-order valence-corrected chi connectivity index (χ2v) is 4.47. The molecule has 18 heavy (non-hydrogen) atoms. The highest BCUT2D eigenvalue weighted by molar-refractivity contribution is 5.67. The Hall–Kier alpha value is -1.10. The first-order valence-electron chi connectivity index (χ1n) is 6.68. The van der Waals surface area contributed by atoms with Gasteiger partial charge in [0.25, 0.3) is 0 Å². The van der Waals surface area contributed by atoms with Gasteiger partial charge in [0.1, 0.15) is 0 Å². The number of carboxylic acids is 2. The van der Waals surface area contributed by atoms with Gasteiger partial charge < -0.3 is 15.1 Å². The summed E-state index contributed by atoms with van der Waals surface area (Å²) in [4.78, 5) is 23.3. The topological polar surface area (TPSA) is 77.8 Å². The van der Waals surface area contributed by atoms with Crippen LogP contribution in [0.25, 0.3) is 0 Å². The lowest BCUT2D eigenvalue weighted by Crippen LogP contribution is -2.36. The normalized spacial score (nSPS) is 12.6. The first kappa shape index (κ1) is 16.9. The summed E-state index contributed by atoms with van der Waals surface area (Å²) in [6.45, 7) is 5.76. The van der Waals surface area contributed by atoms with Crippen molar-refractivity contribution in [2.45, 2.75) is 58.4 Å². The van der Waals surface area contributed by atoms with Crippen LogP contribution in [0.2, 0.25) is 0 Å². The Morgan fingerprint density at radius 2 is 1.61 bits per heavy atom. The van der Waals surface area contributed by atoms with E-state index in [1.807, 2.05) is 13.8 Å². The lowest BCUT2D eigenvalue weighted by Gasteiger charge is -2.28. The van der Waals surface area contributed by atoms with Gasteiger partial charge in [-0.2, -0.15) is 0 Å². The van der Waals surface area contributed by atoms with Crippen LogP contribution in [0.4, 0.5) is 0 Å². The van der Waals surface area contributed by atoms with Crippen LogP contribution in [0, 0.1) is 0 Å². The number of rotatable bonds is 11. The van der Waals surface area contributed by atoms with Crippen molar-refractivity contribution in [1.82, 2.24) is 4.90 Å². The molecule has 0 heterocycles. The molecule has 2 N–H and O–H groups in total. The van der Waals surface area contributed by atoms with Crippen LogP contribution < -0.4 is 0 Å². The smallest absolute Gasteiger partial charge is 0.304 e. The van der Waals surface area contributed by atoms with Crippen LogP contribution in [0.3, 0.4) is 0 Å². The van der Waals surface area contributed by atoms with E-state index in [9.17, 15) is 9.59 Å². The Bertz CT molecular complexity index is 251. The Labute approximate surface area is 109 Å². The molecule has 1 atom stereocenters. The van der Waals surface area contributed by atoms with Crippen molar-refractivity contribution in [2.75, 3.05) is 13.1 Å². The molecule has 0 aliphatic heterocycles. The minimum atomic E-state index is -0.766. The first-order valence-corrected chi connectivity index (χ1v) is 6.68. The van der Waals surface area contributed by atoms with Gasteiger partial charge in [0.05, 0.1) is 6.42 Å². The molecule has 0 aromatic carbocycles. The monoisotopic (exact) mass is 259 g/mol. The van der Waals surface area contributed by atoms with Crippen LogP contribution in [-0.4, -0.2) is 46.2 Å². The molecule has 5 heteroatoms. The Kier molecular flexibility index (Phi) is 9.28. The molecule has 0 saturated heterocycles. The fraction of sp³-hybridized carbons (Fsp3) is 0.846. The summed E-state index contributed by atoms with van der Waals surface area (Å²) >= 11 is 0. The molecule has 0 bridgehead atoms. The SMILES string of the molecule is CCN(CC)C(CCCCCC(=O)O)CC(=O)O. The van der Waals surface area contributed by atoms with E-state index < -0.39 is 11.9 Å². The van der Waals surface area contributed by atoms with E-state index >= 15 is 0 Å². The molecule has 0 aromatic rings. The maximum absolute atomic E-state index is 10.8. The third-order valence-corrected chi connectivity index (χ3v) is 3.17. The molecule has 0 rings (SSSR count). The number of aliphatic carboxylic acids is 2. The molecule has 0 aromatic heterocycles. The summed E-state index contributed by atoms with van der Waals surface area (Å²) in [5, 5.41) is 17.4. The highest BCUT2D eigenvalue weighted by Crippen LogP contribution is 2.14. The highest BCUT2D eigenvalue weighted by atomic mass is 16.4. The standard InChI is InChI=1S/C13H25NO4/c1-3-14(4-2)11(10-13(17)18)8-6-5-7-9-12(15)16/h11H,3-10H2,1-2H3,(H,15,16)(H,17,18). The van der Waals surface area contributed by atoms with Gasteiger partial charge in [-0.3, -0.25) is 9.59 Å². The van der Waals surface area contributed by atoms with Gasteiger partial charge >= 0.3 is 11.9 Å². The van der Waals surface area contributed by atoms with Gasteiger partial charge in [-0.15, -0.1) is 0 Å². The zero-order valence-corrected chi connectivity index (χ0v) is 11.4. The summed E-state index contributed by atoms with van der Waals surface area (Å²) < 4.78 is 0. The minimum Gasteiger partial charge on any atom is -0.481 e. The molecule has 106 valence electrons. The maximum atomic E-state index is 10.8. The zero-order valence-electron chi connectivity index (χ0n) is 11.4. The van der Waals surface area contributed by atoms with Crippen LogP contribution >= 0.6 is 0 Å². The molecule has 0 fully saturated rings. The second kappa shape index (κ2) is 9.88. The molecular formula is C13H25NO4. The fourth-order valence-electron chi connectivity index (χ4n) is 2.19. The van der Waals surface area contributed by atoms with Crippen molar-refractivity contribution in [3.05, 3.63) is 0 Å². The number of hydrogen-bond acceptors (Lipinski definition) is 3. The van der Waals surface area contributed by atoms with Crippen LogP contribution in [0.15, 0.2) is 0 Å². The molecule has 0 aliphatic carbocycles. The Morgan fingerprint density at radius 3 is 2.06 bits per heavy atom. The average Bonchev–Trinajstić information content (AvgIpc) is 2.28. The van der Waals surface area contributed by atoms with Crippen molar-refractivity contribution in [3.63, 3.8) is 0 Å². The molecule has 0 spiro atoms. The van der Waals surface area contributed by atoms with E-state index in [2.05, 4.69) is 4.90 Å². The molecule has 0 radical (unpaired) electrons. The fourth-order valence-corrected chi connectivity index (χ4v) is 2.19. The Balaban J connectivity index is 4.00. The second-order valence-electron chi connectivity index (χ2n) is 4.47. The molecule has 0 aliphatic rings. The van der Waals surface area contributed by atoms with E-state index in [1.54, 1.807) is 0 Å². The zero-order chi connectivity index (χ0) is 14.0. The van der Waals surface area contributed by atoms with E-state index in [1.165, 1.54) is 0 Å². The van der Waals surface area contributed by atoms with E-state index in [-0.39, 0.29) is 18.9 Å². The van der Waals surface area contributed by atoms with E-state index in [0.29, 0.717) is 6.42 Å². The van der Waals surface area contributed by atoms with Gasteiger partial charge in [0.2, 0.25) is 0 Å². The number of unbranched alkanes of at least 4 members (excludes halogenated alkanes) is 2. The molecule has 0 amide bonds. The van der Waals surface area contributed by atoms with Gasteiger partial charge in [0.15, 0.2) is 0 Å². The lowest BCUT2D eigenvalue weighted by molar-refractivity contribution is -0.138. The summed E-state index contributed by atoms with van der Waals surface area (Å²) in [5.41, 5.74) is 0. The van der Waals surface area contributed by atoms with Crippen molar-refractivity contribution < 1.29 is 19.8 Å².